The fourth-order valence-corrected chi connectivity index (χ4v) is 3.92. The van der Waals surface area contributed by atoms with E-state index in [1.54, 1.807) is 24.4 Å². The topological polar surface area (TPSA) is 86.8 Å². The molecule has 1 aromatic carbocycles. The van der Waals surface area contributed by atoms with Gasteiger partial charge in [0.15, 0.2) is 12.4 Å². The highest BCUT2D eigenvalue weighted by molar-refractivity contribution is 8.19. The molecule has 0 bridgehead atoms. The Balaban J connectivity index is 1.79. The van der Waals surface area contributed by atoms with E-state index in [4.69, 9.17) is 15.4 Å². The maximum atomic E-state index is 12.5. The SMILES string of the molecule is N#CCOc1ccc(C=C2SC(=N)C(c3nccs3)C2=O)cc1. The number of hydrogen-bond acceptors (Lipinski definition) is 7. The zero-order valence-corrected chi connectivity index (χ0v) is 13.5. The normalized spacial score (nSPS) is 19.1. The molecule has 1 fully saturated rings. The summed E-state index contributed by atoms with van der Waals surface area (Å²) in [6.07, 6.45) is 3.41. The third-order valence-corrected chi connectivity index (χ3v) is 5.00. The molecule has 1 N–H and O–H groups in total. The van der Waals surface area contributed by atoms with Gasteiger partial charge in [0.2, 0.25) is 0 Å². The summed E-state index contributed by atoms with van der Waals surface area (Å²) >= 11 is 2.57. The van der Waals surface area contributed by atoms with Gasteiger partial charge in [-0.15, -0.1) is 11.3 Å². The molecule has 0 radical (unpaired) electrons. The minimum absolute atomic E-state index is 0.00142. The van der Waals surface area contributed by atoms with Crippen LogP contribution >= 0.6 is 23.1 Å². The summed E-state index contributed by atoms with van der Waals surface area (Å²) < 4.78 is 5.19. The molecular formula is C16H11N3O2S2. The second-order valence-corrected chi connectivity index (χ2v) is 6.67. The van der Waals surface area contributed by atoms with Crippen molar-refractivity contribution in [3.8, 4) is 11.8 Å². The van der Waals surface area contributed by atoms with E-state index in [9.17, 15) is 4.79 Å². The zero-order valence-electron chi connectivity index (χ0n) is 11.9. The van der Waals surface area contributed by atoms with Crippen molar-refractivity contribution in [3.05, 3.63) is 51.3 Å². The number of benzene rings is 1. The first-order chi connectivity index (χ1) is 11.2. The van der Waals surface area contributed by atoms with Crippen molar-refractivity contribution in [3.63, 3.8) is 0 Å². The minimum atomic E-state index is -0.565. The Hall–Kier alpha value is -2.43. The van der Waals surface area contributed by atoms with Crippen LogP contribution in [0.2, 0.25) is 0 Å². The van der Waals surface area contributed by atoms with Crippen LogP contribution in [0.15, 0.2) is 40.7 Å². The monoisotopic (exact) mass is 341 g/mol. The van der Waals surface area contributed by atoms with E-state index >= 15 is 0 Å². The van der Waals surface area contributed by atoms with Gasteiger partial charge in [0, 0.05) is 11.6 Å². The van der Waals surface area contributed by atoms with Crippen LogP contribution in [0, 0.1) is 16.7 Å². The number of ether oxygens (including phenoxy) is 1. The predicted molar refractivity (Wildman–Crippen MR) is 90.7 cm³/mol. The van der Waals surface area contributed by atoms with Gasteiger partial charge >= 0.3 is 0 Å². The molecule has 0 saturated carbocycles. The van der Waals surface area contributed by atoms with Crippen LogP contribution in [0.5, 0.6) is 5.75 Å². The zero-order chi connectivity index (χ0) is 16.2. The average Bonchev–Trinajstić information content (AvgIpc) is 3.15. The third-order valence-electron chi connectivity index (χ3n) is 3.17. The van der Waals surface area contributed by atoms with Gasteiger partial charge in [-0.05, 0) is 23.8 Å². The first-order valence-electron chi connectivity index (χ1n) is 6.70. The lowest BCUT2D eigenvalue weighted by Gasteiger charge is -2.02. The van der Waals surface area contributed by atoms with Gasteiger partial charge in [0.1, 0.15) is 22.7 Å². The molecule has 3 rings (SSSR count). The second kappa shape index (κ2) is 6.77. The van der Waals surface area contributed by atoms with Crippen molar-refractivity contribution in [2.45, 2.75) is 5.92 Å². The molecule has 1 aliphatic rings. The molecule has 7 heteroatoms. The molecule has 23 heavy (non-hydrogen) atoms. The lowest BCUT2D eigenvalue weighted by atomic mass is 10.1. The van der Waals surface area contributed by atoms with Crippen LogP contribution in [0.3, 0.4) is 0 Å². The number of Topliss-reactive ketones (excluding diaryl/α,β-unsaturated/α-hetero) is 1. The molecule has 0 spiro atoms. The fraction of sp³-hybridized carbons (Fsp3) is 0.125. The van der Waals surface area contributed by atoms with Crippen molar-refractivity contribution < 1.29 is 9.53 Å². The van der Waals surface area contributed by atoms with Crippen LogP contribution in [0.25, 0.3) is 6.08 Å². The molecule has 5 nitrogen and oxygen atoms in total. The maximum absolute atomic E-state index is 12.5. The van der Waals surface area contributed by atoms with E-state index < -0.39 is 5.92 Å². The molecule has 2 aromatic rings. The van der Waals surface area contributed by atoms with Gasteiger partial charge in [-0.1, -0.05) is 23.9 Å². The summed E-state index contributed by atoms with van der Waals surface area (Å²) in [7, 11) is 0. The maximum Gasteiger partial charge on any atom is 0.186 e. The van der Waals surface area contributed by atoms with Gasteiger partial charge < -0.3 is 4.74 Å². The number of nitrogens with one attached hydrogen (secondary N) is 1. The minimum Gasteiger partial charge on any atom is -0.479 e. The largest absolute Gasteiger partial charge is 0.479 e. The van der Waals surface area contributed by atoms with Crippen molar-refractivity contribution in [1.82, 2.24) is 4.98 Å². The molecule has 1 atom stereocenters. The Morgan fingerprint density at radius 2 is 2.17 bits per heavy atom. The molecular weight excluding hydrogens is 330 g/mol. The number of carbonyl (C=O) groups is 1. The molecule has 1 unspecified atom stereocenters. The number of allylic oxidation sites excluding steroid dienone is 1. The summed E-state index contributed by atoms with van der Waals surface area (Å²) in [4.78, 5) is 17.2. The van der Waals surface area contributed by atoms with Crippen LogP contribution < -0.4 is 4.74 Å². The van der Waals surface area contributed by atoms with Gasteiger partial charge in [0.25, 0.3) is 0 Å². The number of thiazole rings is 1. The molecule has 1 aliphatic heterocycles. The molecule has 0 aliphatic carbocycles. The number of thioether (sulfide) groups is 1. The summed E-state index contributed by atoms with van der Waals surface area (Å²) in [5.41, 5.74) is 0.845. The number of nitriles is 1. The van der Waals surface area contributed by atoms with Gasteiger partial charge in [-0.3, -0.25) is 10.2 Å². The Morgan fingerprint density at radius 3 is 2.83 bits per heavy atom. The van der Waals surface area contributed by atoms with Crippen LogP contribution in [0.1, 0.15) is 16.5 Å². The molecule has 1 aromatic heterocycles. The number of aromatic nitrogens is 1. The third kappa shape index (κ3) is 3.33. The van der Waals surface area contributed by atoms with E-state index in [2.05, 4.69) is 4.98 Å². The number of nitrogens with zero attached hydrogens (tertiary/aromatic N) is 2. The summed E-state index contributed by atoms with van der Waals surface area (Å²) in [6.45, 7) is 0.00142. The molecule has 0 amide bonds. The standard InChI is InChI=1S/C16H11N3O2S2/c17-5-7-21-11-3-1-10(2-4-11)9-12-14(20)13(15(18)23-12)16-19-6-8-22-16/h1-4,6,8-9,13,18H,7H2. The first kappa shape index (κ1) is 15.5. The van der Waals surface area contributed by atoms with Crippen LogP contribution in [0.4, 0.5) is 0 Å². The van der Waals surface area contributed by atoms with Crippen molar-refractivity contribution >= 4 is 40.0 Å². The highest BCUT2D eigenvalue weighted by Crippen LogP contribution is 2.41. The number of hydrogen-bond donors (Lipinski definition) is 1. The summed E-state index contributed by atoms with van der Waals surface area (Å²) in [5, 5.41) is 19.3. The highest BCUT2D eigenvalue weighted by atomic mass is 32.2. The lowest BCUT2D eigenvalue weighted by Crippen LogP contribution is -2.11. The van der Waals surface area contributed by atoms with E-state index in [1.165, 1.54) is 23.1 Å². The smallest absolute Gasteiger partial charge is 0.186 e. The fourth-order valence-electron chi connectivity index (χ4n) is 2.12. The molecule has 2 heterocycles. The number of ketones is 1. The number of rotatable bonds is 4. The molecule has 114 valence electrons. The quantitative estimate of drug-likeness (QED) is 0.861. The Labute approximate surface area is 141 Å². The average molecular weight is 341 g/mol. The van der Waals surface area contributed by atoms with Gasteiger partial charge in [0.05, 0.1) is 9.95 Å². The Morgan fingerprint density at radius 1 is 1.39 bits per heavy atom. The van der Waals surface area contributed by atoms with Crippen molar-refractivity contribution in [2.24, 2.45) is 0 Å². The van der Waals surface area contributed by atoms with Crippen LogP contribution in [-0.4, -0.2) is 22.4 Å². The molecule has 1 saturated heterocycles. The van der Waals surface area contributed by atoms with Crippen molar-refractivity contribution in [1.29, 1.82) is 10.7 Å². The number of carbonyl (C=O) groups excluding carboxylic acids is 1. The first-order valence-corrected chi connectivity index (χ1v) is 8.40. The predicted octanol–water partition coefficient (Wildman–Crippen LogP) is 3.46. The summed E-state index contributed by atoms with van der Waals surface area (Å²) in [6, 6.07) is 9.03. The van der Waals surface area contributed by atoms with E-state index in [1.807, 2.05) is 23.6 Å². The van der Waals surface area contributed by atoms with Crippen LogP contribution in [-0.2, 0) is 4.79 Å². The van der Waals surface area contributed by atoms with Gasteiger partial charge in [-0.25, -0.2) is 4.98 Å². The Kier molecular flexibility index (Phi) is 4.55. The summed E-state index contributed by atoms with van der Waals surface area (Å²) in [5.74, 6) is -0.0447. The van der Waals surface area contributed by atoms with Gasteiger partial charge in [-0.2, -0.15) is 5.26 Å². The second-order valence-electron chi connectivity index (χ2n) is 4.66. The lowest BCUT2D eigenvalue weighted by molar-refractivity contribution is -0.114. The van der Waals surface area contributed by atoms with E-state index in [-0.39, 0.29) is 12.4 Å². The Bertz CT molecular complexity index is 805. The highest BCUT2D eigenvalue weighted by Gasteiger charge is 2.38. The van der Waals surface area contributed by atoms with E-state index in [0.29, 0.717) is 20.7 Å². The van der Waals surface area contributed by atoms with Crippen molar-refractivity contribution in [2.75, 3.05) is 6.61 Å². The van der Waals surface area contributed by atoms with E-state index in [0.717, 1.165) is 5.56 Å².